The number of carbonyl (C=O) groups excluding carboxylic acids is 1. The second-order valence-corrected chi connectivity index (χ2v) is 8.91. The number of carbonyl (C=O) groups is 1. The molecule has 3 unspecified atom stereocenters. The average molecular weight is 430 g/mol. The molecule has 0 rings (SSSR count). The van der Waals surface area contributed by atoms with Crippen LogP contribution >= 0.6 is 0 Å². The topological polar surface area (TPSA) is 89.8 Å². The Labute approximate surface area is 186 Å². The third-order valence-electron chi connectivity index (χ3n) is 5.98. The Morgan fingerprint density at radius 3 is 1.53 bits per heavy atom. The van der Waals surface area contributed by atoms with Crippen LogP contribution in [0.15, 0.2) is 0 Å². The molecule has 3 atom stereocenters. The summed E-state index contributed by atoms with van der Waals surface area (Å²) in [7, 11) is 0. The zero-order valence-electron chi connectivity index (χ0n) is 19.9. The Balaban J connectivity index is 3.68. The molecule has 0 aromatic carbocycles. The van der Waals surface area contributed by atoms with Gasteiger partial charge in [0.25, 0.3) is 0 Å². The van der Waals surface area contributed by atoms with E-state index in [-0.39, 0.29) is 6.61 Å². The maximum Gasteiger partial charge on any atom is 0.249 e. The minimum atomic E-state index is -1.06. The van der Waals surface area contributed by atoms with Crippen molar-refractivity contribution in [2.75, 3.05) is 6.61 Å². The molecular weight excluding hydrogens is 378 g/mol. The molecule has 0 aliphatic heterocycles. The molecule has 180 valence electrons. The van der Waals surface area contributed by atoms with Crippen molar-refractivity contribution in [3.05, 3.63) is 0 Å². The molecule has 0 saturated heterocycles. The summed E-state index contributed by atoms with van der Waals surface area (Å²) in [6.07, 6.45) is 18.6. The lowest BCUT2D eigenvalue weighted by Crippen LogP contribution is -2.49. The van der Waals surface area contributed by atoms with Crippen molar-refractivity contribution in [2.24, 2.45) is 0 Å². The summed E-state index contributed by atoms with van der Waals surface area (Å²) in [6.45, 7) is 4.01. The lowest BCUT2D eigenvalue weighted by Gasteiger charge is -2.23. The first-order valence-electron chi connectivity index (χ1n) is 12.8. The lowest BCUT2D eigenvalue weighted by molar-refractivity contribution is -0.131. The highest BCUT2D eigenvalue weighted by atomic mass is 16.3. The quantitative estimate of drug-likeness (QED) is 0.177. The van der Waals surface area contributed by atoms with Gasteiger partial charge in [-0.2, -0.15) is 0 Å². The molecule has 4 N–H and O–H groups in total. The number of amides is 1. The van der Waals surface area contributed by atoms with Crippen molar-refractivity contribution < 1.29 is 20.1 Å². The highest BCUT2D eigenvalue weighted by Crippen LogP contribution is 2.14. The molecule has 5 heteroatoms. The molecule has 0 bridgehead atoms. The predicted molar refractivity (Wildman–Crippen MR) is 125 cm³/mol. The van der Waals surface area contributed by atoms with E-state index in [2.05, 4.69) is 19.2 Å². The van der Waals surface area contributed by atoms with E-state index in [0.29, 0.717) is 12.8 Å². The second kappa shape index (κ2) is 21.6. The first-order chi connectivity index (χ1) is 14.6. The number of hydrogen-bond acceptors (Lipinski definition) is 4. The standard InChI is InChI=1S/C25H51NO4/c1-3-5-7-8-9-10-11-12-13-14-15-16-18-19-23(28)22(21-27)26-25(30)24(29)20-17-6-4-2/h22-24,27-29H,3-21H2,1-2H3,(H,26,30). The van der Waals surface area contributed by atoms with Gasteiger partial charge in [-0.1, -0.05) is 117 Å². The van der Waals surface area contributed by atoms with Gasteiger partial charge in [0, 0.05) is 0 Å². The molecule has 0 aromatic heterocycles. The SMILES string of the molecule is CCCCCCCCCCCCCCCC(O)C(CO)NC(=O)C(O)CCCCC. The second-order valence-electron chi connectivity index (χ2n) is 8.91. The molecule has 0 aliphatic carbocycles. The summed E-state index contributed by atoms with van der Waals surface area (Å²) in [4.78, 5) is 12.0. The van der Waals surface area contributed by atoms with E-state index in [1.807, 2.05) is 0 Å². The van der Waals surface area contributed by atoms with Crippen LogP contribution in [-0.2, 0) is 4.79 Å². The van der Waals surface area contributed by atoms with Crippen molar-refractivity contribution in [1.29, 1.82) is 0 Å². The van der Waals surface area contributed by atoms with Crippen LogP contribution in [0.3, 0.4) is 0 Å². The third kappa shape index (κ3) is 17.1. The van der Waals surface area contributed by atoms with Gasteiger partial charge in [0.05, 0.1) is 18.8 Å². The normalized spacial score (nSPS) is 14.4. The van der Waals surface area contributed by atoms with E-state index >= 15 is 0 Å². The highest BCUT2D eigenvalue weighted by Gasteiger charge is 2.23. The monoisotopic (exact) mass is 429 g/mol. The first kappa shape index (κ1) is 29.4. The molecule has 0 aliphatic rings. The molecular formula is C25H51NO4. The minimum absolute atomic E-state index is 0.312. The molecule has 0 spiro atoms. The molecule has 0 fully saturated rings. The highest BCUT2D eigenvalue weighted by molar-refractivity contribution is 5.80. The largest absolute Gasteiger partial charge is 0.394 e. The van der Waals surface area contributed by atoms with Crippen LogP contribution in [0.4, 0.5) is 0 Å². The number of hydrogen-bond donors (Lipinski definition) is 4. The van der Waals surface area contributed by atoms with E-state index in [4.69, 9.17) is 0 Å². The molecule has 0 saturated carbocycles. The number of nitrogens with one attached hydrogen (secondary N) is 1. The van der Waals surface area contributed by atoms with Crippen molar-refractivity contribution in [3.8, 4) is 0 Å². The third-order valence-corrected chi connectivity index (χ3v) is 5.98. The fraction of sp³-hybridized carbons (Fsp3) is 0.960. The van der Waals surface area contributed by atoms with E-state index < -0.39 is 24.2 Å². The molecule has 0 aromatic rings. The van der Waals surface area contributed by atoms with Crippen molar-refractivity contribution >= 4 is 5.91 Å². The van der Waals surface area contributed by atoms with Crippen LogP contribution in [0, 0.1) is 0 Å². The summed E-state index contributed by atoms with van der Waals surface area (Å²) in [5, 5.41) is 32.3. The van der Waals surface area contributed by atoms with Crippen molar-refractivity contribution in [3.63, 3.8) is 0 Å². The Morgan fingerprint density at radius 1 is 0.667 bits per heavy atom. The fourth-order valence-corrected chi connectivity index (χ4v) is 3.83. The maximum atomic E-state index is 12.0. The van der Waals surface area contributed by atoms with Gasteiger partial charge in [0.15, 0.2) is 0 Å². The molecule has 1 amide bonds. The molecule has 0 radical (unpaired) electrons. The summed E-state index contributed by atoms with van der Waals surface area (Å²) < 4.78 is 0. The van der Waals surface area contributed by atoms with Gasteiger partial charge in [-0.05, 0) is 12.8 Å². The Hall–Kier alpha value is -0.650. The van der Waals surface area contributed by atoms with E-state index in [0.717, 1.165) is 32.1 Å². The van der Waals surface area contributed by atoms with E-state index in [9.17, 15) is 20.1 Å². The maximum absolute atomic E-state index is 12.0. The van der Waals surface area contributed by atoms with Crippen LogP contribution in [0.25, 0.3) is 0 Å². The van der Waals surface area contributed by atoms with Gasteiger partial charge in [-0.3, -0.25) is 4.79 Å². The average Bonchev–Trinajstić information content (AvgIpc) is 2.74. The van der Waals surface area contributed by atoms with Gasteiger partial charge in [-0.25, -0.2) is 0 Å². The summed E-state index contributed by atoms with van der Waals surface area (Å²) in [5.41, 5.74) is 0. The number of rotatable bonds is 22. The van der Waals surface area contributed by atoms with Crippen LogP contribution in [0.5, 0.6) is 0 Å². The zero-order valence-corrected chi connectivity index (χ0v) is 19.9. The first-order valence-corrected chi connectivity index (χ1v) is 12.8. The smallest absolute Gasteiger partial charge is 0.249 e. The van der Waals surface area contributed by atoms with Crippen LogP contribution in [0.2, 0.25) is 0 Å². The van der Waals surface area contributed by atoms with Crippen LogP contribution in [0.1, 0.15) is 129 Å². The Morgan fingerprint density at radius 2 is 1.07 bits per heavy atom. The molecule has 5 nitrogen and oxygen atoms in total. The van der Waals surface area contributed by atoms with Crippen molar-refractivity contribution in [1.82, 2.24) is 5.32 Å². The van der Waals surface area contributed by atoms with Gasteiger partial charge < -0.3 is 20.6 Å². The zero-order chi connectivity index (χ0) is 22.5. The number of aliphatic hydroxyl groups excluding tert-OH is 3. The van der Waals surface area contributed by atoms with Gasteiger partial charge in [0.2, 0.25) is 5.91 Å². The van der Waals surface area contributed by atoms with Crippen molar-refractivity contribution in [2.45, 2.75) is 148 Å². The molecule has 0 heterocycles. The lowest BCUT2D eigenvalue weighted by atomic mass is 10.0. The molecule has 30 heavy (non-hydrogen) atoms. The van der Waals surface area contributed by atoms with Gasteiger partial charge >= 0.3 is 0 Å². The van der Waals surface area contributed by atoms with E-state index in [1.54, 1.807) is 0 Å². The number of aliphatic hydroxyl groups is 3. The van der Waals surface area contributed by atoms with Gasteiger partial charge in [-0.15, -0.1) is 0 Å². The van der Waals surface area contributed by atoms with Gasteiger partial charge in [0.1, 0.15) is 6.10 Å². The Bertz CT molecular complexity index is 378. The fourth-order valence-electron chi connectivity index (χ4n) is 3.83. The summed E-state index contributed by atoms with van der Waals surface area (Å²) in [5.74, 6) is -0.491. The minimum Gasteiger partial charge on any atom is -0.394 e. The van der Waals surface area contributed by atoms with E-state index in [1.165, 1.54) is 70.6 Å². The van der Waals surface area contributed by atoms with Crippen LogP contribution < -0.4 is 5.32 Å². The van der Waals surface area contributed by atoms with Crippen LogP contribution in [-0.4, -0.2) is 46.1 Å². The Kier molecular flexibility index (Phi) is 21.1. The summed E-state index contributed by atoms with van der Waals surface area (Å²) >= 11 is 0. The summed E-state index contributed by atoms with van der Waals surface area (Å²) in [6, 6.07) is -0.698. The predicted octanol–water partition coefficient (Wildman–Crippen LogP) is 5.25. The number of unbranched alkanes of at least 4 members (excludes halogenated alkanes) is 14.